The van der Waals surface area contributed by atoms with Crippen LogP contribution in [-0.4, -0.2) is 17.1 Å². The molecule has 6 heteroatoms. The van der Waals surface area contributed by atoms with E-state index in [1.165, 1.54) is 13.3 Å². The second-order valence-electron chi connectivity index (χ2n) is 5.07. The maximum absolute atomic E-state index is 13.2. The lowest BCUT2D eigenvalue weighted by atomic mass is 10.1. The Morgan fingerprint density at radius 1 is 0.875 bits per heavy atom. The summed E-state index contributed by atoms with van der Waals surface area (Å²) in [6, 6.07) is 13.8. The van der Waals surface area contributed by atoms with Crippen molar-refractivity contribution in [3.8, 4) is 28.4 Å². The summed E-state index contributed by atoms with van der Waals surface area (Å²) >= 11 is 0. The SMILES string of the molecule is COc1ccc(-c2cc(C(F)(F)F)cc(-c3ccccn3)n2)cc1. The molecule has 1 aromatic carbocycles. The molecule has 2 heterocycles. The van der Waals surface area contributed by atoms with Crippen LogP contribution in [0.2, 0.25) is 0 Å². The van der Waals surface area contributed by atoms with E-state index in [0.29, 0.717) is 17.0 Å². The highest BCUT2D eigenvalue weighted by Crippen LogP contribution is 2.34. The minimum Gasteiger partial charge on any atom is -0.497 e. The van der Waals surface area contributed by atoms with Gasteiger partial charge >= 0.3 is 6.18 Å². The van der Waals surface area contributed by atoms with Crippen LogP contribution in [-0.2, 0) is 6.18 Å². The average molecular weight is 330 g/mol. The molecule has 122 valence electrons. The van der Waals surface area contributed by atoms with Gasteiger partial charge in [0.15, 0.2) is 0 Å². The lowest BCUT2D eigenvalue weighted by Gasteiger charge is -2.12. The van der Waals surface area contributed by atoms with Gasteiger partial charge in [-0.3, -0.25) is 4.98 Å². The molecule has 0 aliphatic heterocycles. The Hall–Kier alpha value is -2.89. The molecule has 0 bridgehead atoms. The van der Waals surface area contributed by atoms with Crippen LogP contribution in [0.5, 0.6) is 5.75 Å². The van der Waals surface area contributed by atoms with Gasteiger partial charge in [0, 0.05) is 11.8 Å². The average Bonchev–Trinajstić information content (AvgIpc) is 2.61. The minimum atomic E-state index is -4.46. The van der Waals surface area contributed by atoms with E-state index in [1.807, 2.05) is 0 Å². The van der Waals surface area contributed by atoms with Gasteiger partial charge in [-0.25, -0.2) is 4.98 Å². The number of aromatic nitrogens is 2. The standard InChI is InChI=1S/C18H13F3N2O/c1-24-14-7-5-12(6-8-14)16-10-13(18(19,20)21)11-17(23-16)15-4-2-3-9-22-15/h2-11H,1H3. The number of benzene rings is 1. The van der Waals surface area contributed by atoms with Crippen molar-refractivity contribution in [3.05, 3.63) is 66.4 Å². The maximum Gasteiger partial charge on any atom is 0.416 e. The number of rotatable bonds is 3. The fourth-order valence-corrected chi connectivity index (χ4v) is 2.25. The first-order valence-corrected chi connectivity index (χ1v) is 7.12. The maximum atomic E-state index is 13.2. The van der Waals surface area contributed by atoms with Crippen molar-refractivity contribution in [2.24, 2.45) is 0 Å². The van der Waals surface area contributed by atoms with Gasteiger partial charge in [0.1, 0.15) is 5.75 Å². The van der Waals surface area contributed by atoms with Gasteiger partial charge in [-0.2, -0.15) is 13.2 Å². The predicted octanol–water partition coefficient (Wildman–Crippen LogP) is 4.84. The van der Waals surface area contributed by atoms with Crippen LogP contribution in [0.3, 0.4) is 0 Å². The molecule has 0 saturated carbocycles. The number of alkyl halides is 3. The van der Waals surface area contributed by atoms with Gasteiger partial charge in [0.25, 0.3) is 0 Å². The molecule has 3 aromatic rings. The van der Waals surface area contributed by atoms with Crippen molar-refractivity contribution in [2.45, 2.75) is 6.18 Å². The van der Waals surface area contributed by atoms with E-state index in [-0.39, 0.29) is 11.4 Å². The molecule has 3 nitrogen and oxygen atoms in total. The summed E-state index contributed by atoms with van der Waals surface area (Å²) in [5.74, 6) is 0.621. The summed E-state index contributed by atoms with van der Waals surface area (Å²) in [6.45, 7) is 0. The van der Waals surface area contributed by atoms with E-state index < -0.39 is 11.7 Å². The first kappa shape index (κ1) is 16.0. The molecule has 0 spiro atoms. The number of nitrogens with zero attached hydrogens (tertiary/aromatic N) is 2. The number of pyridine rings is 2. The van der Waals surface area contributed by atoms with Gasteiger partial charge in [-0.1, -0.05) is 6.07 Å². The van der Waals surface area contributed by atoms with E-state index in [9.17, 15) is 13.2 Å². The van der Waals surface area contributed by atoms with Crippen molar-refractivity contribution in [2.75, 3.05) is 7.11 Å². The Bertz CT molecular complexity index is 831. The van der Waals surface area contributed by atoms with E-state index in [2.05, 4.69) is 9.97 Å². The molecule has 0 unspecified atom stereocenters. The molecule has 24 heavy (non-hydrogen) atoms. The fraction of sp³-hybridized carbons (Fsp3) is 0.111. The first-order chi connectivity index (χ1) is 11.5. The second-order valence-corrected chi connectivity index (χ2v) is 5.07. The first-order valence-electron chi connectivity index (χ1n) is 7.12. The summed E-state index contributed by atoms with van der Waals surface area (Å²) in [7, 11) is 1.52. The van der Waals surface area contributed by atoms with Gasteiger partial charge in [-0.15, -0.1) is 0 Å². The zero-order valence-corrected chi connectivity index (χ0v) is 12.7. The molecular formula is C18H13F3N2O. The molecule has 0 atom stereocenters. The highest BCUT2D eigenvalue weighted by atomic mass is 19.4. The highest BCUT2D eigenvalue weighted by molar-refractivity contribution is 5.66. The van der Waals surface area contributed by atoms with Crippen LogP contribution in [0.15, 0.2) is 60.8 Å². The van der Waals surface area contributed by atoms with Gasteiger partial charge in [-0.05, 0) is 48.5 Å². The van der Waals surface area contributed by atoms with E-state index >= 15 is 0 Å². The molecule has 0 amide bonds. The summed E-state index contributed by atoms with van der Waals surface area (Å²) in [5, 5.41) is 0. The summed E-state index contributed by atoms with van der Waals surface area (Å²) in [6.07, 6.45) is -2.95. The molecule has 0 N–H and O–H groups in total. The largest absolute Gasteiger partial charge is 0.497 e. The zero-order chi connectivity index (χ0) is 17.2. The van der Waals surface area contributed by atoms with E-state index in [4.69, 9.17) is 4.74 Å². The van der Waals surface area contributed by atoms with E-state index in [0.717, 1.165) is 12.1 Å². The number of methoxy groups -OCH3 is 1. The molecule has 0 radical (unpaired) electrons. The third-order valence-corrected chi connectivity index (χ3v) is 3.47. The van der Waals surface area contributed by atoms with Crippen molar-refractivity contribution in [3.63, 3.8) is 0 Å². The second kappa shape index (κ2) is 6.31. The number of ether oxygens (including phenoxy) is 1. The van der Waals surface area contributed by atoms with Crippen molar-refractivity contribution >= 4 is 0 Å². The van der Waals surface area contributed by atoms with E-state index in [1.54, 1.807) is 42.5 Å². The minimum absolute atomic E-state index is 0.177. The van der Waals surface area contributed by atoms with Crippen molar-refractivity contribution in [1.29, 1.82) is 0 Å². The van der Waals surface area contributed by atoms with Crippen LogP contribution < -0.4 is 4.74 Å². The van der Waals surface area contributed by atoms with Gasteiger partial charge in [0.2, 0.25) is 0 Å². The van der Waals surface area contributed by atoms with Crippen LogP contribution in [0.1, 0.15) is 5.56 Å². The lowest BCUT2D eigenvalue weighted by Crippen LogP contribution is -2.06. The van der Waals surface area contributed by atoms with Gasteiger partial charge in [0.05, 0.1) is 29.8 Å². The quantitative estimate of drug-likeness (QED) is 0.689. The zero-order valence-electron chi connectivity index (χ0n) is 12.7. The molecule has 0 aliphatic rings. The Balaban J connectivity index is 2.14. The summed E-state index contributed by atoms with van der Waals surface area (Å²) < 4.78 is 44.8. The normalized spacial score (nSPS) is 11.3. The number of hydrogen-bond acceptors (Lipinski definition) is 3. The third-order valence-electron chi connectivity index (χ3n) is 3.47. The summed E-state index contributed by atoms with van der Waals surface area (Å²) in [4.78, 5) is 8.42. The highest BCUT2D eigenvalue weighted by Gasteiger charge is 2.32. The lowest BCUT2D eigenvalue weighted by molar-refractivity contribution is -0.137. The van der Waals surface area contributed by atoms with Crippen LogP contribution >= 0.6 is 0 Å². The molecule has 3 rings (SSSR count). The van der Waals surface area contributed by atoms with Crippen LogP contribution in [0, 0.1) is 0 Å². The van der Waals surface area contributed by atoms with Crippen molar-refractivity contribution < 1.29 is 17.9 Å². The molecule has 2 aromatic heterocycles. The number of halogens is 3. The van der Waals surface area contributed by atoms with Gasteiger partial charge < -0.3 is 4.74 Å². The Kier molecular flexibility index (Phi) is 4.20. The Morgan fingerprint density at radius 3 is 2.17 bits per heavy atom. The topological polar surface area (TPSA) is 35.0 Å². The molecule has 0 aliphatic carbocycles. The molecular weight excluding hydrogens is 317 g/mol. The molecule has 0 fully saturated rings. The van der Waals surface area contributed by atoms with Crippen LogP contribution in [0.25, 0.3) is 22.6 Å². The third kappa shape index (κ3) is 3.37. The van der Waals surface area contributed by atoms with Crippen LogP contribution in [0.4, 0.5) is 13.2 Å². The van der Waals surface area contributed by atoms with Crippen molar-refractivity contribution in [1.82, 2.24) is 9.97 Å². The Morgan fingerprint density at radius 2 is 1.58 bits per heavy atom. The Labute approximate surface area is 136 Å². The number of hydrogen-bond donors (Lipinski definition) is 0. The molecule has 0 saturated heterocycles. The fourth-order valence-electron chi connectivity index (χ4n) is 2.25. The predicted molar refractivity (Wildman–Crippen MR) is 84.5 cm³/mol. The monoisotopic (exact) mass is 330 g/mol. The summed E-state index contributed by atoms with van der Waals surface area (Å²) in [5.41, 5.74) is 0.603. The smallest absolute Gasteiger partial charge is 0.416 e.